The summed E-state index contributed by atoms with van der Waals surface area (Å²) in [6, 6.07) is -3.20. The highest BCUT2D eigenvalue weighted by atomic mass is 19.2. The summed E-state index contributed by atoms with van der Waals surface area (Å²) < 4.78 is 83.1. The second-order valence-electron chi connectivity index (χ2n) is 9.15. The third kappa shape index (κ3) is 6.40. The first-order valence-corrected chi connectivity index (χ1v) is 12.1. The predicted molar refractivity (Wildman–Crippen MR) is 123 cm³/mol. The number of amides is 2. The summed E-state index contributed by atoms with van der Waals surface area (Å²) in [5.74, 6) is -12.2. The molecule has 0 spiro atoms. The first kappa shape index (κ1) is 32.8. The minimum atomic E-state index is -2.13. The molecule has 2 fully saturated rings. The molecule has 0 bridgehead atoms. The predicted octanol–water partition coefficient (Wildman–Crippen LogP) is -2.60. The molecule has 7 N–H and O–H groups in total. The molecule has 232 valence electrons. The van der Waals surface area contributed by atoms with Crippen molar-refractivity contribution in [1.29, 1.82) is 0 Å². The Morgan fingerprint density at radius 2 is 1.37 bits per heavy atom. The number of halogens is 4. The van der Waals surface area contributed by atoms with Gasteiger partial charge in [0.15, 0.2) is 30.0 Å². The van der Waals surface area contributed by atoms with Gasteiger partial charge in [-0.25, -0.2) is 8.78 Å². The summed E-state index contributed by atoms with van der Waals surface area (Å²) in [4.78, 5) is 24.4. The van der Waals surface area contributed by atoms with E-state index in [0.29, 0.717) is 0 Å². The Morgan fingerprint density at radius 3 is 1.85 bits per heavy atom. The fraction of sp³-hybridized carbons (Fsp3) is 0.652. The molecule has 3 rings (SSSR count). The van der Waals surface area contributed by atoms with Crippen molar-refractivity contribution in [2.45, 2.75) is 68.2 Å². The Kier molecular flexibility index (Phi) is 10.8. The van der Waals surface area contributed by atoms with Crippen molar-refractivity contribution in [3.8, 4) is 5.75 Å². The van der Waals surface area contributed by atoms with Crippen molar-refractivity contribution in [2.75, 3.05) is 27.4 Å². The lowest BCUT2D eigenvalue weighted by Crippen LogP contribution is -2.69. The van der Waals surface area contributed by atoms with Gasteiger partial charge in [0.2, 0.25) is 17.5 Å². The summed E-state index contributed by atoms with van der Waals surface area (Å²) in [5.41, 5.74) is -1.75. The quantitative estimate of drug-likeness (QED) is 0.115. The van der Waals surface area contributed by atoms with Gasteiger partial charge in [0.25, 0.3) is 5.91 Å². The molecule has 1 aromatic rings. The third-order valence-corrected chi connectivity index (χ3v) is 6.58. The Morgan fingerprint density at radius 1 is 0.805 bits per heavy atom. The van der Waals surface area contributed by atoms with Crippen LogP contribution in [0, 0.1) is 23.3 Å². The zero-order valence-corrected chi connectivity index (χ0v) is 21.8. The van der Waals surface area contributed by atoms with E-state index in [0.717, 1.165) is 14.0 Å². The molecular weight excluding hydrogens is 572 g/mol. The highest BCUT2D eigenvalue weighted by Gasteiger charge is 2.52. The van der Waals surface area contributed by atoms with Crippen LogP contribution >= 0.6 is 0 Å². The van der Waals surface area contributed by atoms with Crippen LogP contribution in [0.1, 0.15) is 17.3 Å². The van der Waals surface area contributed by atoms with E-state index in [1.54, 1.807) is 0 Å². The second kappa shape index (κ2) is 13.5. The number of hydrogen-bond acceptors (Lipinski definition) is 12. The molecule has 2 aliphatic heterocycles. The topological polar surface area (TPSA) is 205 Å². The van der Waals surface area contributed by atoms with Crippen molar-refractivity contribution >= 4 is 11.8 Å². The number of hydrogen-bond donors (Lipinski definition) is 7. The number of rotatable bonds is 9. The van der Waals surface area contributed by atoms with Crippen LogP contribution in [0.3, 0.4) is 0 Å². The van der Waals surface area contributed by atoms with Gasteiger partial charge in [0.1, 0.15) is 48.2 Å². The molecule has 2 amide bonds. The van der Waals surface area contributed by atoms with E-state index in [9.17, 15) is 52.7 Å². The monoisotopic (exact) mass is 602 g/mol. The summed E-state index contributed by atoms with van der Waals surface area (Å²) >= 11 is 0. The van der Waals surface area contributed by atoms with Gasteiger partial charge in [0, 0.05) is 14.0 Å². The van der Waals surface area contributed by atoms with E-state index >= 15 is 0 Å². The Labute approximate surface area is 229 Å². The lowest BCUT2D eigenvalue weighted by Gasteiger charge is -2.47. The van der Waals surface area contributed by atoms with Gasteiger partial charge in [0.05, 0.1) is 26.4 Å². The molecule has 6 unspecified atom stereocenters. The standard InChI is InChI=1S/C23H30F4N2O12/c1-6(32)28-15-17(34)19(8(5-31)40-22(15)38-3)41-23-18(35)14(16(33)7(4-30)39-23)29-21(36)9-10(24)12(26)20(37-2)13(27)11(9)25/h7-8,14-19,22-23,30-31,33-35H,4-5H2,1-3H3,(H,28,32)(H,29,36)/t7?,8?,14?,15?,16-,17?,18?,19+,22+,23-/m0/s1. The number of ether oxygens (including phenoxy) is 5. The molecule has 2 saturated heterocycles. The van der Waals surface area contributed by atoms with Gasteiger partial charge in [-0.1, -0.05) is 0 Å². The van der Waals surface area contributed by atoms with Crippen LogP contribution in [-0.2, 0) is 23.7 Å². The van der Waals surface area contributed by atoms with Crippen molar-refractivity contribution in [3.05, 3.63) is 28.8 Å². The molecule has 18 heteroatoms. The number of aliphatic hydroxyl groups is 5. The lowest BCUT2D eigenvalue weighted by atomic mass is 9.94. The number of nitrogens with one attached hydrogen (secondary N) is 2. The van der Waals surface area contributed by atoms with Gasteiger partial charge in [-0.2, -0.15) is 8.78 Å². The molecular formula is C23H30F4N2O12. The van der Waals surface area contributed by atoms with E-state index in [1.807, 2.05) is 5.32 Å². The average Bonchev–Trinajstić information content (AvgIpc) is 2.93. The maximum absolute atomic E-state index is 14.5. The fourth-order valence-corrected chi connectivity index (χ4v) is 4.56. The average molecular weight is 602 g/mol. The smallest absolute Gasteiger partial charge is 0.257 e. The van der Waals surface area contributed by atoms with Gasteiger partial charge >= 0.3 is 0 Å². The molecule has 2 aliphatic rings. The molecule has 0 saturated carbocycles. The maximum atomic E-state index is 14.5. The molecule has 0 aliphatic carbocycles. The number of carbonyl (C=O) groups is 2. The summed E-state index contributed by atoms with van der Waals surface area (Å²) in [6.07, 6.45) is -13.5. The first-order chi connectivity index (χ1) is 19.3. The van der Waals surface area contributed by atoms with E-state index in [2.05, 4.69) is 10.1 Å². The van der Waals surface area contributed by atoms with E-state index in [4.69, 9.17) is 18.9 Å². The fourth-order valence-electron chi connectivity index (χ4n) is 4.56. The first-order valence-electron chi connectivity index (χ1n) is 12.1. The highest BCUT2D eigenvalue weighted by molar-refractivity contribution is 5.95. The SMILES string of the molecule is COc1c(F)c(F)c(C(=O)NC2C(O)[C@H](O[C@@H]3C(CO)O[C@@H](OC)C(NC(C)=O)C3O)OC(CO)[C@@H]2O)c(F)c1F. The van der Waals surface area contributed by atoms with Crippen LogP contribution in [0.4, 0.5) is 17.6 Å². The third-order valence-electron chi connectivity index (χ3n) is 6.58. The highest BCUT2D eigenvalue weighted by Crippen LogP contribution is 2.32. The van der Waals surface area contributed by atoms with Crippen LogP contribution in [0.5, 0.6) is 5.75 Å². The van der Waals surface area contributed by atoms with Gasteiger partial charge in [-0.3, -0.25) is 9.59 Å². The number of carbonyl (C=O) groups excluding carboxylic acids is 2. The van der Waals surface area contributed by atoms with Gasteiger partial charge in [-0.15, -0.1) is 0 Å². The second-order valence-corrected chi connectivity index (χ2v) is 9.15. The molecule has 0 radical (unpaired) electrons. The largest absolute Gasteiger partial charge is 0.491 e. The molecule has 2 heterocycles. The normalized spacial score (nSPS) is 33.8. The van der Waals surface area contributed by atoms with E-state index in [1.165, 1.54) is 7.11 Å². The lowest BCUT2D eigenvalue weighted by molar-refractivity contribution is -0.336. The van der Waals surface area contributed by atoms with Crippen molar-refractivity contribution in [1.82, 2.24) is 10.6 Å². The minimum Gasteiger partial charge on any atom is -0.491 e. The van der Waals surface area contributed by atoms with Crippen LogP contribution in [-0.4, -0.2) is 126 Å². The number of methoxy groups -OCH3 is 2. The zero-order valence-electron chi connectivity index (χ0n) is 21.8. The zero-order chi connectivity index (χ0) is 30.8. The van der Waals surface area contributed by atoms with Crippen molar-refractivity contribution < 1.29 is 76.4 Å². The van der Waals surface area contributed by atoms with E-state index in [-0.39, 0.29) is 0 Å². The summed E-state index contributed by atoms with van der Waals surface area (Å²) in [6.45, 7) is -0.604. The Hall–Kier alpha value is -2.68. The number of benzene rings is 1. The summed E-state index contributed by atoms with van der Waals surface area (Å²) in [5, 5.41) is 56.0. The Bertz CT molecular complexity index is 1090. The summed E-state index contributed by atoms with van der Waals surface area (Å²) in [7, 11) is 1.93. The van der Waals surface area contributed by atoms with Crippen LogP contribution in [0.2, 0.25) is 0 Å². The van der Waals surface area contributed by atoms with Crippen LogP contribution in [0.25, 0.3) is 0 Å². The molecule has 41 heavy (non-hydrogen) atoms. The minimum absolute atomic E-state index is 0.605. The Balaban J connectivity index is 1.90. The van der Waals surface area contributed by atoms with Crippen molar-refractivity contribution in [3.63, 3.8) is 0 Å². The molecule has 14 nitrogen and oxygen atoms in total. The van der Waals surface area contributed by atoms with Gasteiger partial charge < -0.3 is 59.9 Å². The van der Waals surface area contributed by atoms with Crippen LogP contribution < -0.4 is 15.4 Å². The van der Waals surface area contributed by atoms with Gasteiger partial charge in [-0.05, 0) is 0 Å². The van der Waals surface area contributed by atoms with Crippen LogP contribution in [0.15, 0.2) is 0 Å². The molecule has 0 aromatic heterocycles. The number of aliphatic hydroxyl groups excluding tert-OH is 5. The van der Waals surface area contributed by atoms with Crippen molar-refractivity contribution in [2.24, 2.45) is 0 Å². The van der Waals surface area contributed by atoms with E-state index < -0.39 is 121 Å². The maximum Gasteiger partial charge on any atom is 0.257 e. The molecule has 10 atom stereocenters. The molecule has 1 aromatic carbocycles.